The van der Waals surface area contributed by atoms with Gasteiger partial charge in [0, 0.05) is 49.7 Å². The summed E-state index contributed by atoms with van der Waals surface area (Å²) < 4.78 is 38.0. The van der Waals surface area contributed by atoms with Crippen LogP contribution in [0.3, 0.4) is 0 Å². The van der Waals surface area contributed by atoms with Crippen LogP contribution in [0.4, 0.5) is 13.6 Å². The minimum atomic E-state index is -2.72. The largest absolute Gasteiger partial charge is 0.493 e. The van der Waals surface area contributed by atoms with Crippen LogP contribution >= 0.6 is 0 Å². The van der Waals surface area contributed by atoms with Crippen molar-refractivity contribution in [3.8, 4) is 11.5 Å². The molecule has 2 heterocycles. The quantitative estimate of drug-likeness (QED) is 0.690. The fourth-order valence-corrected chi connectivity index (χ4v) is 4.54. The van der Waals surface area contributed by atoms with Crippen molar-refractivity contribution < 1.29 is 27.8 Å². The maximum absolute atomic E-state index is 13.5. The highest BCUT2D eigenvalue weighted by molar-refractivity contribution is 6.15. The molecule has 1 atom stereocenters. The van der Waals surface area contributed by atoms with Crippen LogP contribution < -0.4 is 14.8 Å². The SMILES string of the molecule is CNC(=O)N1N=C(c2ccc(C(=O)N3CCC(F)(F)CC3)cc2)c2cc(OC)c(OC)cc2C[C@H]1C. The summed E-state index contributed by atoms with van der Waals surface area (Å²) in [6.45, 7) is 1.95. The number of hydrogen-bond donors (Lipinski definition) is 1. The van der Waals surface area contributed by atoms with Crippen LogP contribution in [-0.2, 0) is 6.42 Å². The number of rotatable bonds is 4. The van der Waals surface area contributed by atoms with Crippen molar-refractivity contribution >= 4 is 17.6 Å². The Morgan fingerprint density at radius 3 is 2.25 bits per heavy atom. The van der Waals surface area contributed by atoms with Crippen molar-refractivity contribution in [2.75, 3.05) is 34.4 Å². The molecule has 10 heteroatoms. The molecule has 1 fully saturated rings. The average molecular weight is 501 g/mol. The minimum absolute atomic E-state index is 0.0221. The molecule has 2 aromatic rings. The van der Waals surface area contributed by atoms with E-state index in [0.29, 0.717) is 34.8 Å². The van der Waals surface area contributed by atoms with E-state index in [4.69, 9.17) is 14.6 Å². The number of hydrazone groups is 1. The third-order valence-corrected chi connectivity index (χ3v) is 6.61. The van der Waals surface area contributed by atoms with Gasteiger partial charge in [0.15, 0.2) is 11.5 Å². The Balaban J connectivity index is 1.72. The van der Waals surface area contributed by atoms with Gasteiger partial charge in [-0.25, -0.2) is 18.6 Å². The summed E-state index contributed by atoms with van der Waals surface area (Å²) in [6.07, 6.45) is -0.126. The van der Waals surface area contributed by atoms with Crippen LogP contribution in [0.5, 0.6) is 11.5 Å². The first-order valence-electron chi connectivity index (χ1n) is 11.8. The molecule has 0 bridgehead atoms. The Labute approximate surface area is 208 Å². The van der Waals surface area contributed by atoms with E-state index in [-0.39, 0.29) is 43.9 Å². The monoisotopic (exact) mass is 500 g/mol. The number of hydrogen-bond acceptors (Lipinski definition) is 5. The highest BCUT2D eigenvalue weighted by Gasteiger charge is 2.36. The number of fused-ring (bicyclic) bond motifs is 1. The molecule has 1 saturated heterocycles. The zero-order chi connectivity index (χ0) is 26.0. The van der Waals surface area contributed by atoms with Crippen molar-refractivity contribution in [2.45, 2.75) is 38.2 Å². The van der Waals surface area contributed by atoms with Gasteiger partial charge < -0.3 is 19.7 Å². The molecule has 1 N–H and O–H groups in total. The summed E-state index contributed by atoms with van der Waals surface area (Å²) in [7, 11) is 4.66. The number of carbonyl (C=O) groups is 2. The second-order valence-corrected chi connectivity index (χ2v) is 8.99. The van der Waals surface area contributed by atoms with Gasteiger partial charge >= 0.3 is 6.03 Å². The predicted octanol–water partition coefficient (Wildman–Crippen LogP) is 3.91. The van der Waals surface area contributed by atoms with Crippen molar-refractivity contribution in [3.05, 3.63) is 58.7 Å². The summed E-state index contributed by atoms with van der Waals surface area (Å²) in [4.78, 5) is 27.0. The molecule has 0 radical (unpaired) electrons. The van der Waals surface area contributed by atoms with Gasteiger partial charge in [0.25, 0.3) is 11.8 Å². The third kappa shape index (κ3) is 4.98. The fraction of sp³-hybridized carbons (Fsp3) is 0.423. The Morgan fingerprint density at radius 2 is 1.67 bits per heavy atom. The number of urea groups is 1. The first-order chi connectivity index (χ1) is 17.2. The van der Waals surface area contributed by atoms with Gasteiger partial charge in [0.2, 0.25) is 0 Å². The fourth-order valence-electron chi connectivity index (χ4n) is 4.54. The number of piperidine rings is 1. The summed E-state index contributed by atoms with van der Waals surface area (Å²) in [5.41, 5.74) is 3.34. The molecule has 4 rings (SSSR count). The molecule has 0 saturated carbocycles. The lowest BCUT2D eigenvalue weighted by Crippen LogP contribution is -2.42. The number of ether oxygens (including phenoxy) is 2. The van der Waals surface area contributed by atoms with Gasteiger partial charge in [-0.1, -0.05) is 12.1 Å². The molecule has 36 heavy (non-hydrogen) atoms. The van der Waals surface area contributed by atoms with Gasteiger partial charge in [-0.3, -0.25) is 4.79 Å². The van der Waals surface area contributed by atoms with Crippen LogP contribution in [0.25, 0.3) is 0 Å². The van der Waals surface area contributed by atoms with Gasteiger partial charge in [0.1, 0.15) is 0 Å². The number of carbonyl (C=O) groups excluding carboxylic acids is 2. The first kappa shape index (κ1) is 25.4. The van der Waals surface area contributed by atoms with Crippen molar-refractivity contribution in [2.24, 2.45) is 5.10 Å². The number of amides is 3. The van der Waals surface area contributed by atoms with Crippen LogP contribution in [-0.4, -0.2) is 73.9 Å². The lowest BCUT2D eigenvalue weighted by Gasteiger charge is -2.31. The first-order valence-corrected chi connectivity index (χ1v) is 11.8. The van der Waals surface area contributed by atoms with E-state index >= 15 is 0 Å². The number of likely N-dealkylation sites (tertiary alicyclic amines) is 1. The van der Waals surface area contributed by atoms with Crippen molar-refractivity contribution in [1.82, 2.24) is 15.2 Å². The lowest BCUT2D eigenvalue weighted by molar-refractivity contribution is -0.0494. The van der Waals surface area contributed by atoms with Crippen molar-refractivity contribution in [3.63, 3.8) is 0 Å². The van der Waals surface area contributed by atoms with E-state index in [1.807, 2.05) is 19.1 Å². The standard InChI is InChI=1S/C26H30F2N4O4/c1-16-13-19-14-21(35-3)22(36-4)15-20(19)23(30-32(16)25(34)29-2)17-5-7-18(8-6-17)24(33)31-11-9-26(27,28)10-12-31/h5-8,14-16H,9-13H2,1-4H3,(H,29,34)/t16-/m1/s1. The summed E-state index contributed by atoms with van der Waals surface area (Å²) in [5.74, 6) is -1.90. The number of benzene rings is 2. The lowest BCUT2D eigenvalue weighted by atomic mass is 9.93. The Hall–Kier alpha value is -3.69. The molecule has 8 nitrogen and oxygen atoms in total. The van der Waals surface area contributed by atoms with Crippen LogP contribution in [0.1, 0.15) is 46.8 Å². The molecule has 192 valence electrons. The molecule has 2 aromatic carbocycles. The molecular weight excluding hydrogens is 470 g/mol. The van der Waals surface area contributed by atoms with E-state index in [1.54, 1.807) is 45.5 Å². The number of alkyl halides is 2. The molecule has 0 unspecified atom stereocenters. The minimum Gasteiger partial charge on any atom is -0.493 e. The van der Waals surface area contributed by atoms with Crippen LogP contribution in [0.2, 0.25) is 0 Å². The highest BCUT2D eigenvalue weighted by Crippen LogP contribution is 2.35. The molecule has 0 aliphatic carbocycles. The predicted molar refractivity (Wildman–Crippen MR) is 131 cm³/mol. The highest BCUT2D eigenvalue weighted by atomic mass is 19.3. The van der Waals surface area contributed by atoms with Crippen molar-refractivity contribution in [1.29, 1.82) is 0 Å². The Kier molecular flexibility index (Phi) is 7.14. The van der Waals surface area contributed by atoms with Crippen LogP contribution in [0.15, 0.2) is 41.5 Å². The maximum Gasteiger partial charge on any atom is 0.337 e. The molecular formula is C26H30F2N4O4. The number of methoxy groups -OCH3 is 2. The molecule has 2 aliphatic heterocycles. The summed E-state index contributed by atoms with van der Waals surface area (Å²) >= 11 is 0. The van der Waals surface area contributed by atoms with Gasteiger partial charge in [-0.2, -0.15) is 5.10 Å². The van der Waals surface area contributed by atoms with E-state index < -0.39 is 5.92 Å². The topological polar surface area (TPSA) is 83.5 Å². The second-order valence-electron chi connectivity index (χ2n) is 8.99. The van der Waals surface area contributed by atoms with E-state index in [0.717, 1.165) is 11.1 Å². The average Bonchev–Trinajstić information content (AvgIpc) is 3.02. The van der Waals surface area contributed by atoms with Crippen LogP contribution in [0, 0.1) is 0 Å². The molecule has 0 aromatic heterocycles. The Bertz CT molecular complexity index is 1170. The second kappa shape index (κ2) is 10.1. The number of halogens is 2. The zero-order valence-corrected chi connectivity index (χ0v) is 20.8. The van der Waals surface area contributed by atoms with Gasteiger partial charge in [-0.05, 0) is 43.2 Å². The maximum atomic E-state index is 13.5. The van der Waals surface area contributed by atoms with E-state index in [2.05, 4.69) is 5.32 Å². The summed E-state index contributed by atoms with van der Waals surface area (Å²) in [5, 5.41) is 8.75. The molecule has 0 spiro atoms. The third-order valence-electron chi connectivity index (χ3n) is 6.61. The van der Waals surface area contributed by atoms with E-state index in [1.165, 1.54) is 9.91 Å². The van der Waals surface area contributed by atoms with Gasteiger partial charge in [-0.15, -0.1) is 0 Å². The normalized spacial score (nSPS) is 19.1. The molecule has 3 amide bonds. The summed E-state index contributed by atoms with van der Waals surface area (Å²) in [6, 6.07) is 9.96. The van der Waals surface area contributed by atoms with E-state index in [9.17, 15) is 18.4 Å². The smallest absolute Gasteiger partial charge is 0.337 e. The number of nitrogens with zero attached hydrogens (tertiary/aromatic N) is 3. The molecule has 2 aliphatic rings. The number of nitrogens with one attached hydrogen (secondary N) is 1. The van der Waals surface area contributed by atoms with Gasteiger partial charge in [0.05, 0.1) is 26.0 Å². The Morgan fingerprint density at radius 1 is 1.06 bits per heavy atom. The zero-order valence-electron chi connectivity index (χ0n) is 20.8.